The van der Waals surface area contributed by atoms with E-state index in [-0.39, 0.29) is 17.4 Å². The van der Waals surface area contributed by atoms with Crippen LogP contribution in [0.2, 0.25) is 0 Å². The summed E-state index contributed by atoms with van der Waals surface area (Å²) in [7, 11) is 0. The number of carbonyl (C=O) groups is 2. The summed E-state index contributed by atoms with van der Waals surface area (Å²) in [6, 6.07) is 12.2. The minimum atomic E-state index is -0.703. The quantitative estimate of drug-likeness (QED) is 0.157. The van der Waals surface area contributed by atoms with E-state index < -0.39 is 17.7 Å². The Balaban J connectivity index is 1.46. The average Bonchev–Trinajstić information content (AvgIpc) is 3.65. The third kappa shape index (κ3) is 5.70. The Bertz CT molecular complexity index is 1350. The standard InChI is InChI=1S/C31H35N3O5/c1-3-4-5-17-38-25-10-7-22(8-11-25)28-27(29(35)23-9-12-26-24(19-23)18-21(2)39-26)30(36)31(37)34(28)15-6-14-33-16-13-32-20-33/h7-13,16,19-21,28,35H,3-6,14-15,17-18H2,1-2H3/b29-27-. The third-order valence-electron chi connectivity index (χ3n) is 7.30. The van der Waals surface area contributed by atoms with E-state index in [1.54, 1.807) is 23.5 Å². The lowest BCUT2D eigenvalue weighted by Crippen LogP contribution is -2.31. The smallest absolute Gasteiger partial charge is 0.295 e. The van der Waals surface area contributed by atoms with Crippen molar-refractivity contribution >= 4 is 17.4 Å². The Morgan fingerprint density at radius 1 is 1.10 bits per heavy atom. The first-order valence-electron chi connectivity index (χ1n) is 13.7. The fraction of sp³-hybridized carbons (Fsp3) is 0.387. The molecule has 0 radical (unpaired) electrons. The number of ether oxygens (including phenoxy) is 2. The number of hydrogen-bond acceptors (Lipinski definition) is 6. The van der Waals surface area contributed by atoms with Gasteiger partial charge in [-0.3, -0.25) is 9.59 Å². The molecule has 3 heterocycles. The number of Topliss-reactive ketones (excluding diaryl/α,β-unsaturated/α-hetero) is 1. The Morgan fingerprint density at radius 2 is 1.92 bits per heavy atom. The maximum atomic E-state index is 13.4. The summed E-state index contributed by atoms with van der Waals surface area (Å²) in [5.41, 5.74) is 2.33. The number of aryl methyl sites for hydroxylation is 1. The van der Waals surface area contributed by atoms with Crippen LogP contribution in [-0.4, -0.2) is 50.5 Å². The normalized spacial score (nSPS) is 19.8. The molecule has 5 rings (SSSR count). The van der Waals surface area contributed by atoms with E-state index in [1.165, 1.54) is 0 Å². The third-order valence-corrected chi connectivity index (χ3v) is 7.30. The fourth-order valence-corrected chi connectivity index (χ4v) is 5.31. The number of hydrogen-bond donors (Lipinski definition) is 1. The van der Waals surface area contributed by atoms with Crippen LogP contribution < -0.4 is 9.47 Å². The molecule has 1 fully saturated rings. The zero-order chi connectivity index (χ0) is 27.4. The molecule has 0 aliphatic carbocycles. The summed E-state index contributed by atoms with van der Waals surface area (Å²) in [4.78, 5) is 32.3. The van der Waals surface area contributed by atoms with Gasteiger partial charge in [0.15, 0.2) is 0 Å². The van der Waals surface area contributed by atoms with Crippen LogP contribution in [0.1, 0.15) is 62.3 Å². The number of nitrogens with zero attached hydrogens (tertiary/aromatic N) is 3. The van der Waals surface area contributed by atoms with E-state index in [0.717, 1.165) is 48.3 Å². The molecule has 2 unspecified atom stereocenters. The van der Waals surface area contributed by atoms with Gasteiger partial charge in [-0.1, -0.05) is 31.9 Å². The molecule has 8 heteroatoms. The van der Waals surface area contributed by atoms with Crippen molar-refractivity contribution in [3.63, 3.8) is 0 Å². The molecule has 1 aromatic heterocycles. The van der Waals surface area contributed by atoms with Gasteiger partial charge in [0.1, 0.15) is 23.4 Å². The van der Waals surface area contributed by atoms with Crippen LogP contribution >= 0.6 is 0 Å². The molecule has 1 saturated heterocycles. The minimum Gasteiger partial charge on any atom is -0.507 e. The van der Waals surface area contributed by atoms with Crippen LogP contribution in [0.25, 0.3) is 5.76 Å². The zero-order valence-corrected chi connectivity index (χ0v) is 22.5. The second-order valence-electron chi connectivity index (χ2n) is 10.2. The highest BCUT2D eigenvalue weighted by Gasteiger charge is 2.45. The van der Waals surface area contributed by atoms with Gasteiger partial charge in [0.25, 0.3) is 11.7 Å². The first-order chi connectivity index (χ1) is 19.0. The van der Waals surface area contributed by atoms with Crippen LogP contribution in [0.5, 0.6) is 11.5 Å². The predicted molar refractivity (Wildman–Crippen MR) is 148 cm³/mol. The number of aliphatic hydroxyl groups is 1. The molecule has 1 amide bonds. The maximum absolute atomic E-state index is 13.4. The number of rotatable bonds is 11. The van der Waals surface area contributed by atoms with E-state index in [9.17, 15) is 14.7 Å². The molecule has 2 atom stereocenters. The van der Waals surface area contributed by atoms with E-state index in [0.29, 0.717) is 31.7 Å². The van der Waals surface area contributed by atoms with Crippen LogP contribution in [0.3, 0.4) is 0 Å². The number of aliphatic hydroxyl groups excluding tert-OH is 1. The van der Waals surface area contributed by atoms with Gasteiger partial charge in [-0.2, -0.15) is 0 Å². The fourth-order valence-electron chi connectivity index (χ4n) is 5.31. The molecule has 204 valence electrons. The first-order valence-corrected chi connectivity index (χ1v) is 13.7. The molecule has 1 N–H and O–H groups in total. The molecule has 3 aromatic rings. The molecule has 0 saturated carbocycles. The van der Waals surface area contributed by atoms with Crippen molar-refractivity contribution in [2.75, 3.05) is 13.2 Å². The molecule has 8 nitrogen and oxygen atoms in total. The van der Waals surface area contributed by atoms with Crippen molar-refractivity contribution in [1.82, 2.24) is 14.5 Å². The topological polar surface area (TPSA) is 93.9 Å². The lowest BCUT2D eigenvalue weighted by Gasteiger charge is -2.25. The monoisotopic (exact) mass is 529 g/mol. The number of benzene rings is 2. The maximum Gasteiger partial charge on any atom is 0.295 e. The lowest BCUT2D eigenvalue weighted by molar-refractivity contribution is -0.139. The summed E-state index contributed by atoms with van der Waals surface area (Å²) in [5, 5.41) is 11.5. The second kappa shape index (κ2) is 11.8. The summed E-state index contributed by atoms with van der Waals surface area (Å²) >= 11 is 0. The van der Waals surface area contributed by atoms with Crippen LogP contribution in [0, 0.1) is 0 Å². The van der Waals surface area contributed by atoms with Gasteiger partial charge >= 0.3 is 0 Å². The van der Waals surface area contributed by atoms with Crippen LogP contribution in [0.4, 0.5) is 0 Å². The summed E-state index contributed by atoms with van der Waals surface area (Å²) in [6.45, 7) is 5.79. The Morgan fingerprint density at radius 3 is 2.67 bits per heavy atom. The Hall–Kier alpha value is -4.07. The number of likely N-dealkylation sites (tertiary alicyclic amines) is 1. The molecule has 0 bridgehead atoms. The van der Waals surface area contributed by atoms with Crippen molar-refractivity contribution in [2.45, 2.75) is 64.6 Å². The minimum absolute atomic E-state index is 0.0566. The molecule has 2 aliphatic rings. The van der Waals surface area contributed by atoms with Crippen molar-refractivity contribution in [3.05, 3.63) is 83.4 Å². The van der Waals surface area contributed by atoms with Crippen molar-refractivity contribution in [2.24, 2.45) is 0 Å². The number of imidazole rings is 1. The summed E-state index contributed by atoms with van der Waals surface area (Å²) in [6.07, 6.45) is 9.93. The van der Waals surface area contributed by atoms with E-state index >= 15 is 0 Å². The molecular weight excluding hydrogens is 494 g/mol. The SMILES string of the molecule is CCCCCOc1ccc(C2/C(=C(/O)c3ccc4c(c3)CC(C)O4)C(=O)C(=O)N2CCCn2ccnc2)cc1. The summed E-state index contributed by atoms with van der Waals surface area (Å²) < 4.78 is 13.6. The number of ketones is 1. The van der Waals surface area contributed by atoms with Crippen molar-refractivity contribution in [3.8, 4) is 11.5 Å². The van der Waals surface area contributed by atoms with Gasteiger partial charge < -0.3 is 24.0 Å². The molecule has 39 heavy (non-hydrogen) atoms. The predicted octanol–water partition coefficient (Wildman–Crippen LogP) is 5.29. The van der Waals surface area contributed by atoms with Crippen LogP contribution in [0.15, 0.2) is 66.8 Å². The number of fused-ring (bicyclic) bond motifs is 1. The van der Waals surface area contributed by atoms with Gasteiger partial charge in [-0.15, -0.1) is 0 Å². The van der Waals surface area contributed by atoms with Gasteiger partial charge in [-0.25, -0.2) is 4.98 Å². The second-order valence-corrected chi connectivity index (χ2v) is 10.2. The summed E-state index contributed by atoms with van der Waals surface area (Å²) in [5.74, 6) is 0.0674. The van der Waals surface area contributed by atoms with Crippen LogP contribution in [-0.2, 0) is 22.6 Å². The molecule has 2 aromatic carbocycles. The van der Waals surface area contributed by atoms with Crippen molar-refractivity contribution in [1.29, 1.82) is 0 Å². The highest BCUT2D eigenvalue weighted by molar-refractivity contribution is 6.46. The Labute approximate surface area is 228 Å². The molecule has 2 aliphatic heterocycles. The largest absolute Gasteiger partial charge is 0.507 e. The number of carbonyl (C=O) groups excluding carboxylic acids is 2. The van der Waals surface area contributed by atoms with E-state index in [1.807, 2.05) is 54.1 Å². The number of amides is 1. The van der Waals surface area contributed by atoms with Gasteiger partial charge in [0.05, 0.1) is 24.5 Å². The number of unbranched alkanes of at least 4 members (excludes halogenated alkanes) is 2. The Kier molecular flexibility index (Phi) is 8.00. The highest BCUT2D eigenvalue weighted by Crippen LogP contribution is 2.41. The van der Waals surface area contributed by atoms with Gasteiger partial charge in [-0.05, 0) is 61.2 Å². The zero-order valence-electron chi connectivity index (χ0n) is 22.5. The molecular formula is C31H35N3O5. The lowest BCUT2D eigenvalue weighted by atomic mass is 9.94. The highest BCUT2D eigenvalue weighted by atomic mass is 16.5. The molecule has 0 spiro atoms. The van der Waals surface area contributed by atoms with E-state index in [4.69, 9.17) is 9.47 Å². The van der Waals surface area contributed by atoms with Gasteiger partial charge in [0.2, 0.25) is 0 Å². The first kappa shape index (κ1) is 26.5. The van der Waals surface area contributed by atoms with Crippen molar-refractivity contribution < 1.29 is 24.2 Å². The van der Waals surface area contributed by atoms with Gasteiger partial charge in [0, 0.05) is 37.5 Å². The number of aromatic nitrogens is 2. The average molecular weight is 530 g/mol. The van der Waals surface area contributed by atoms with E-state index in [2.05, 4.69) is 11.9 Å².